The van der Waals surface area contributed by atoms with Gasteiger partial charge in [-0.2, -0.15) is 0 Å². The predicted molar refractivity (Wildman–Crippen MR) is 117 cm³/mol. The number of aliphatic imine (C=N–C) groups is 1. The third kappa shape index (κ3) is 4.09. The maximum Gasteiger partial charge on any atom is 0.163 e. The van der Waals surface area contributed by atoms with Crippen molar-refractivity contribution in [2.45, 2.75) is 26.2 Å². The lowest BCUT2D eigenvalue weighted by Gasteiger charge is -2.12. The predicted octanol–water partition coefficient (Wildman–Crippen LogP) is 3.92. The van der Waals surface area contributed by atoms with Crippen LogP contribution in [0.2, 0.25) is 0 Å². The molecule has 2 aromatic heterocycles. The Bertz CT molecular complexity index is 1160. The summed E-state index contributed by atoms with van der Waals surface area (Å²) in [5.74, 6) is 1.45. The van der Waals surface area contributed by atoms with Crippen molar-refractivity contribution < 1.29 is 9.47 Å². The van der Waals surface area contributed by atoms with Crippen LogP contribution in [0.4, 0.5) is 5.69 Å². The Morgan fingerprint density at radius 1 is 1.10 bits per heavy atom. The Morgan fingerprint density at radius 2 is 2.00 bits per heavy atom. The Balaban J connectivity index is 1.78. The number of nitrogens with one attached hydrogen (secondary N) is 1. The number of hydrogen-bond acceptors (Lipinski definition) is 4. The van der Waals surface area contributed by atoms with Crippen molar-refractivity contribution >= 4 is 23.6 Å². The summed E-state index contributed by atoms with van der Waals surface area (Å²) in [4.78, 5) is 12.9. The van der Waals surface area contributed by atoms with Crippen molar-refractivity contribution in [1.82, 2.24) is 9.97 Å². The number of fused-ring (bicyclic) bond motifs is 1. The second-order valence-electron chi connectivity index (χ2n) is 7.11. The van der Waals surface area contributed by atoms with Crippen LogP contribution in [0.25, 0.3) is 23.5 Å². The fourth-order valence-corrected chi connectivity index (χ4v) is 3.67. The number of aromatic amines is 1. The van der Waals surface area contributed by atoms with Crippen LogP contribution in [0.15, 0.2) is 47.6 Å². The summed E-state index contributed by atoms with van der Waals surface area (Å²) >= 11 is 0. The minimum Gasteiger partial charge on any atom is -0.493 e. The zero-order valence-electron chi connectivity index (χ0n) is 17.0. The van der Waals surface area contributed by atoms with Gasteiger partial charge in [-0.25, -0.2) is 0 Å². The van der Waals surface area contributed by atoms with Crippen molar-refractivity contribution in [2.24, 2.45) is 4.99 Å². The number of aryl methyl sites for hydroxylation is 1. The first-order valence-electron chi connectivity index (χ1n) is 9.80. The highest BCUT2D eigenvalue weighted by molar-refractivity contribution is 6.11. The summed E-state index contributed by atoms with van der Waals surface area (Å²) in [6.45, 7) is 2.00. The van der Waals surface area contributed by atoms with Crippen LogP contribution >= 0.6 is 0 Å². The van der Waals surface area contributed by atoms with E-state index in [9.17, 15) is 0 Å². The molecule has 0 spiro atoms. The average molecular weight is 387 g/mol. The molecule has 1 aliphatic carbocycles. The number of ether oxygens (including phenoxy) is 2. The standard InChI is InChI=1S/C24H25N3O2/c1-16-12-19(15-23(28-2)24(16)29-3)26-18-9-5-4-8-17-13-22(27-21(17)14-18)20-10-6-7-11-25-20/h6-8,10-15,27H,4-5,9H2,1-3H3/b17-8-,21-14?,26-18?. The molecule has 3 aromatic rings. The molecule has 148 valence electrons. The Hall–Kier alpha value is -3.34. The summed E-state index contributed by atoms with van der Waals surface area (Å²) in [6, 6.07) is 12.1. The van der Waals surface area contributed by atoms with E-state index in [1.807, 2.05) is 43.5 Å². The van der Waals surface area contributed by atoms with Gasteiger partial charge >= 0.3 is 0 Å². The van der Waals surface area contributed by atoms with E-state index in [4.69, 9.17) is 14.5 Å². The smallest absolute Gasteiger partial charge is 0.163 e. The third-order valence-corrected chi connectivity index (χ3v) is 5.06. The highest BCUT2D eigenvalue weighted by Crippen LogP contribution is 2.35. The molecule has 4 rings (SSSR count). The van der Waals surface area contributed by atoms with Crippen molar-refractivity contribution in [3.05, 3.63) is 58.7 Å². The zero-order valence-corrected chi connectivity index (χ0v) is 17.0. The minimum atomic E-state index is 0.698. The monoisotopic (exact) mass is 387 g/mol. The van der Waals surface area contributed by atoms with Crippen LogP contribution in [0.1, 0.15) is 24.8 Å². The van der Waals surface area contributed by atoms with Crippen LogP contribution in [-0.2, 0) is 0 Å². The van der Waals surface area contributed by atoms with Crippen LogP contribution in [0, 0.1) is 6.92 Å². The second-order valence-corrected chi connectivity index (χ2v) is 7.11. The Labute approximate surface area is 170 Å². The number of hydrogen-bond donors (Lipinski definition) is 1. The first-order chi connectivity index (χ1) is 14.2. The van der Waals surface area contributed by atoms with E-state index in [-0.39, 0.29) is 0 Å². The van der Waals surface area contributed by atoms with E-state index >= 15 is 0 Å². The molecular formula is C24H25N3O2. The van der Waals surface area contributed by atoms with Crippen molar-refractivity contribution in [3.63, 3.8) is 0 Å². The van der Waals surface area contributed by atoms with Gasteiger partial charge in [0.05, 0.1) is 31.3 Å². The number of aromatic nitrogens is 2. The SMILES string of the molecule is COc1cc(N=C2C=c3[nH]c(-c4ccccn4)c/c3=C/CCC2)cc(C)c1OC. The number of benzene rings is 1. The van der Waals surface area contributed by atoms with E-state index in [0.29, 0.717) is 5.75 Å². The van der Waals surface area contributed by atoms with Gasteiger partial charge in [0.1, 0.15) is 0 Å². The third-order valence-electron chi connectivity index (χ3n) is 5.06. The maximum absolute atomic E-state index is 5.48. The van der Waals surface area contributed by atoms with Crippen molar-refractivity contribution in [2.75, 3.05) is 14.2 Å². The normalized spacial score (nSPS) is 16.1. The molecule has 1 aromatic carbocycles. The topological polar surface area (TPSA) is 59.5 Å². The fraction of sp³-hybridized carbons (Fsp3) is 0.250. The molecule has 29 heavy (non-hydrogen) atoms. The van der Waals surface area contributed by atoms with Crippen LogP contribution in [-0.4, -0.2) is 29.9 Å². The number of nitrogens with zero attached hydrogens (tertiary/aromatic N) is 2. The van der Waals surface area contributed by atoms with Gasteiger partial charge in [0, 0.05) is 23.3 Å². The number of pyridine rings is 1. The van der Waals surface area contributed by atoms with Gasteiger partial charge in [-0.3, -0.25) is 9.98 Å². The molecule has 1 aliphatic rings. The van der Waals surface area contributed by atoms with Gasteiger partial charge in [-0.05, 0) is 67.3 Å². The molecule has 5 heteroatoms. The molecule has 0 atom stereocenters. The number of H-pyrrole nitrogens is 1. The molecule has 0 fully saturated rings. The Morgan fingerprint density at radius 3 is 2.76 bits per heavy atom. The molecule has 0 bridgehead atoms. The van der Waals surface area contributed by atoms with Crippen LogP contribution < -0.4 is 20.0 Å². The molecule has 0 saturated carbocycles. The van der Waals surface area contributed by atoms with Gasteiger partial charge in [0.25, 0.3) is 0 Å². The number of methoxy groups -OCH3 is 2. The molecule has 2 heterocycles. The highest BCUT2D eigenvalue weighted by atomic mass is 16.5. The molecule has 0 aliphatic heterocycles. The van der Waals surface area contributed by atoms with Crippen LogP contribution in [0.3, 0.4) is 0 Å². The lowest BCUT2D eigenvalue weighted by atomic mass is 10.1. The minimum absolute atomic E-state index is 0.698. The zero-order chi connectivity index (χ0) is 20.2. The highest BCUT2D eigenvalue weighted by Gasteiger charge is 2.10. The van der Waals surface area contributed by atoms with E-state index in [1.165, 1.54) is 5.22 Å². The van der Waals surface area contributed by atoms with Gasteiger partial charge < -0.3 is 14.5 Å². The van der Waals surface area contributed by atoms with E-state index in [0.717, 1.165) is 58.7 Å². The summed E-state index contributed by atoms with van der Waals surface area (Å²) < 4.78 is 10.9. The average Bonchev–Trinajstić information content (AvgIpc) is 3.11. The molecule has 5 nitrogen and oxygen atoms in total. The first-order valence-corrected chi connectivity index (χ1v) is 9.80. The van der Waals surface area contributed by atoms with E-state index in [1.54, 1.807) is 14.2 Å². The molecule has 0 unspecified atom stereocenters. The van der Waals surface area contributed by atoms with E-state index in [2.05, 4.69) is 28.2 Å². The molecular weight excluding hydrogens is 362 g/mol. The van der Waals surface area contributed by atoms with Gasteiger partial charge in [0.15, 0.2) is 11.5 Å². The second kappa shape index (κ2) is 8.35. The van der Waals surface area contributed by atoms with Crippen molar-refractivity contribution in [3.8, 4) is 22.9 Å². The lowest BCUT2D eigenvalue weighted by molar-refractivity contribution is 0.353. The summed E-state index contributed by atoms with van der Waals surface area (Å²) in [5, 5.41) is 2.27. The maximum atomic E-state index is 5.48. The summed E-state index contributed by atoms with van der Waals surface area (Å²) in [6.07, 6.45) is 9.24. The quantitative estimate of drug-likeness (QED) is 0.738. The Kier molecular flexibility index (Phi) is 5.47. The molecule has 1 N–H and O–H groups in total. The molecule has 0 radical (unpaired) electrons. The molecule has 0 amide bonds. The van der Waals surface area contributed by atoms with Crippen LogP contribution in [0.5, 0.6) is 11.5 Å². The molecule has 0 saturated heterocycles. The largest absolute Gasteiger partial charge is 0.493 e. The summed E-state index contributed by atoms with van der Waals surface area (Å²) in [5.41, 5.74) is 4.87. The van der Waals surface area contributed by atoms with E-state index < -0.39 is 0 Å². The number of rotatable bonds is 4. The lowest BCUT2D eigenvalue weighted by Crippen LogP contribution is -2.24. The first kappa shape index (κ1) is 19.0. The van der Waals surface area contributed by atoms with Gasteiger partial charge in [-0.15, -0.1) is 0 Å². The fourth-order valence-electron chi connectivity index (χ4n) is 3.67. The van der Waals surface area contributed by atoms with Gasteiger partial charge in [-0.1, -0.05) is 12.1 Å². The summed E-state index contributed by atoms with van der Waals surface area (Å²) in [7, 11) is 3.30. The van der Waals surface area contributed by atoms with Crippen molar-refractivity contribution in [1.29, 1.82) is 0 Å². The van der Waals surface area contributed by atoms with Gasteiger partial charge in [0.2, 0.25) is 0 Å².